The molecule has 2 heterocycles. The number of aromatic nitrogens is 1. The van der Waals surface area contributed by atoms with Crippen LogP contribution in [0.3, 0.4) is 0 Å². The van der Waals surface area contributed by atoms with Crippen LogP contribution in [0, 0.1) is 0 Å². The molecular formula is C15H20ClN3O3. The number of carbonyl (C=O) groups excluding carboxylic acids is 2. The van der Waals surface area contributed by atoms with Crippen molar-refractivity contribution in [2.45, 2.75) is 38.8 Å². The molecular weight excluding hydrogens is 306 g/mol. The van der Waals surface area contributed by atoms with Gasteiger partial charge in [0.05, 0.1) is 5.56 Å². The third kappa shape index (κ3) is 3.50. The zero-order chi connectivity index (χ0) is 16.5. The number of ether oxygens (including phenoxy) is 1. The number of likely N-dealkylation sites (tertiary alicyclic amines) is 1. The number of ketones is 1. The zero-order valence-electron chi connectivity index (χ0n) is 13.1. The molecule has 1 atom stereocenters. The first kappa shape index (κ1) is 16.5. The number of pyridine rings is 1. The van der Waals surface area contributed by atoms with Crippen LogP contribution in [0.15, 0.2) is 12.3 Å². The molecule has 1 aromatic rings. The third-order valence-corrected chi connectivity index (χ3v) is 3.56. The molecule has 0 aromatic carbocycles. The summed E-state index contributed by atoms with van der Waals surface area (Å²) in [5, 5.41) is 3.23. The van der Waals surface area contributed by atoms with Gasteiger partial charge in [0.25, 0.3) is 0 Å². The van der Waals surface area contributed by atoms with Crippen LogP contribution in [0.5, 0.6) is 0 Å². The molecule has 1 N–H and O–H groups in total. The highest BCUT2D eigenvalue weighted by Gasteiger charge is 2.40. The van der Waals surface area contributed by atoms with Crippen LogP contribution in [0.4, 0.5) is 10.5 Å². The predicted octanol–water partition coefficient (Wildman–Crippen LogP) is 2.97. The molecule has 0 aliphatic carbocycles. The summed E-state index contributed by atoms with van der Waals surface area (Å²) >= 11 is 5.83. The van der Waals surface area contributed by atoms with E-state index in [2.05, 4.69) is 10.3 Å². The van der Waals surface area contributed by atoms with Crippen LogP contribution >= 0.6 is 11.6 Å². The molecule has 1 aliphatic heterocycles. The molecule has 7 heteroatoms. The van der Waals surface area contributed by atoms with E-state index in [9.17, 15) is 9.59 Å². The molecule has 0 spiro atoms. The third-order valence-electron chi connectivity index (χ3n) is 3.36. The summed E-state index contributed by atoms with van der Waals surface area (Å²) in [5.41, 5.74) is 0.435. The van der Waals surface area contributed by atoms with Crippen molar-refractivity contribution in [3.63, 3.8) is 0 Å². The smallest absolute Gasteiger partial charge is 0.410 e. The lowest BCUT2D eigenvalue weighted by Crippen LogP contribution is -2.56. The number of halogens is 1. The van der Waals surface area contributed by atoms with E-state index < -0.39 is 17.7 Å². The van der Waals surface area contributed by atoms with Crippen molar-refractivity contribution in [3.05, 3.63) is 23.0 Å². The van der Waals surface area contributed by atoms with E-state index in [4.69, 9.17) is 16.3 Å². The van der Waals surface area contributed by atoms with Gasteiger partial charge < -0.3 is 10.1 Å². The Bertz CT molecular complexity index is 598. The van der Waals surface area contributed by atoms with Gasteiger partial charge in [-0.05, 0) is 33.3 Å². The van der Waals surface area contributed by atoms with Crippen LogP contribution in [0.2, 0.25) is 5.15 Å². The number of amides is 1. The molecule has 120 valence electrons. The fourth-order valence-corrected chi connectivity index (χ4v) is 2.37. The molecule has 1 amide bonds. The summed E-state index contributed by atoms with van der Waals surface area (Å²) in [5.74, 6) is -0.161. The van der Waals surface area contributed by atoms with Crippen LogP contribution in [0.25, 0.3) is 0 Å². The number of hydrogen-bond donors (Lipinski definition) is 1. The van der Waals surface area contributed by atoms with E-state index in [1.54, 1.807) is 33.9 Å². The standard InChI is InChI=1S/C15H20ClN3O3/c1-15(2,3)22-14(21)19-6-5-11(19)13(20)9-8-18-12(16)7-10(9)17-4/h7-8,11H,5-6H2,1-4H3,(H,17,18). The lowest BCUT2D eigenvalue weighted by Gasteiger charge is -2.40. The van der Waals surface area contributed by atoms with E-state index in [1.165, 1.54) is 11.1 Å². The van der Waals surface area contributed by atoms with Crippen molar-refractivity contribution in [1.82, 2.24) is 9.88 Å². The molecule has 6 nitrogen and oxygen atoms in total. The normalized spacial score (nSPS) is 17.7. The zero-order valence-corrected chi connectivity index (χ0v) is 13.9. The summed E-state index contributed by atoms with van der Waals surface area (Å²) in [6, 6.07) is 1.08. The molecule has 1 aliphatic rings. The van der Waals surface area contributed by atoms with E-state index in [0.29, 0.717) is 29.4 Å². The Hall–Kier alpha value is -1.82. The first-order chi connectivity index (χ1) is 10.2. The summed E-state index contributed by atoms with van der Waals surface area (Å²) in [6.07, 6.45) is 1.58. The van der Waals surface area contributed by atoms with Crippen molar-refractivity contribution in [1.29, 1.82) is 0 Å². The van der Waals surface area contributed by atoms with E-state index in [-0.39, 0.29) is 5.78 Å². The molecule has 0 radical (unpaired) electrons. The molecule has 1 aromatic heterocycles. The SMILES string of the molecule is CNc1cc(Cl)ncc1C(=O)C1CCN1C(=O)OC(C)(C)C. The van der Waals surface area contributed by atoms with Gasteiger partial charge in [0.1, 0.15) is 16.8 Å². The maximum Gasteiger partial charge on any atom is 0.410 e. The quantitative estimate of drug-likeness (QED) is 0.683. The highest BCUT2D eigenvalue weighted by atomic mass is 35.5. The highest BCUT2D eigenvalue weighted by molar-refractivity contribution is 6.29. The second-order valence-corrected chi connectivity index (χ2v) is 6.53. The molecule has 1 unspecified atom stereocenters. The van der Waals surface area contributed by atoms with Crippen molar-refractivity contribution in [2.75, 3.05) is 18.9 Å². The average molecular weight is 326 g/mol. The Kier molecular flexibility index (Phi) is 4.60. The van der Waals surface area contributed by atoms with Gasteiger partial charge in [0.2, 0.25) is 0 Å². The second kappa shape index (κ2) is 6.12. The maximum atomic E-state index is 12.6. The van der Waals surface area contributed by atoms with E-state index >= 15 is 0 Å². The van der Waals surface area contributed by atoms with Gasteiger partial charge in [-0.2, -0.15) is 0 Å². The Labute approximate surface area is 134 Å². The molecule has 0 saturated carbocycles. The van der Waals surface area contributed by atoms with Gasteiger partial charge >= 0.3 is 6.09 Å². The number of carbonyl (C=O) groups is 2. The predicted molar refractivity (Wildman–Crippen MR) is 84.5 cm³/mol. The molecule has 22 heavy (non-hydrogen) atoms. The number of anilines is 1. The van der Waals surface area contributed by atoms with Gasteiger partial charge in [-0.25, -0.2) is 9.78 Å². The van der Waals surface area contributed by atoms with Gasteiger partial charge in [-0.1, -0.05) is 11.6 Å². The van der Waals surface area contributed by atoms with Crippen LogP contribution in [-0.2, 0) is 4.74 Å². The van der Waals surface area contributed by atoms with Crippen molar-refractivity contribution < 1.29 is 14.3 Å². The minimum absolute atomic E-state index is 0.161. The van der Waals surface area contributed by atoms with Crippen molar-refractivity contribution in [3.8, 4) is 0 Å². The van der Waals surface area contributed by atoms with E-state index in [0.717, 1.165) is 0 Å². The van der Waals surface area contributed by atoms with Crippen LogP contribution in [-0.4, -0.2) is 47.0 Å². The Balaban J connectivity index is 2.15. The topological polar surface area (TPSA) is 71.5 Å². The highest BCUT2D eigenvalue weighted by Crippen LogP contribution is 2.27. The van der Waals surface area contributed by atoms with Gasteiger partial charge in [0.15, 0.2) is 5.78 Å². The van der Waals surface area contributed by atoms with Crippen molar-refractivity contribution in [2.24, 2.45) is 0 Å². The largest absolute Gasteiger partial charge is 0.444 e. The lowest BCUT2D eigenvalue weighted by molar-refractivity contribution is -0.00268. The summed E-state index contributed by atoms with van der Waals surface area (Å²) < 4.78 is 5.32. The minimum Gasteiger partial charge on any atom is -0.444 e. The average Bonchev–Trinajstić information content (AvgIpc) is 2.34. The number of rotatable bonds is 3. The lowest BCUT2D eigenvalue weighted by atomic mass is 9.94. The summed E-state index contributed by atoms with van der Waals surface area (Å²) in [6.45, 7) is 5.90. The first-order valence-corrected chi connectivity index (χ1v) is 7.48. The van der Waals surface area contributed by atoms with Gasteiger partial charge in [-0.15, -0.1) is 0 Å². The van der Waals surface area contributed by atoms with Gasteiger partial charge in [-0.3, -0.25) is 9.69 Å². The number of nitrogens with zero attached hydrogens (tertiary/aromatic N) is 2. The Morgan fingerprint density at radius 1 is 1.45 bits per heavy atom. The monoisotopic (exact) mass is 325 g/mol. The second-order valence-electron chi connectivity index (χ2n) is 6.15. The first-order valence-electron chi connectivity index (χ1n) is 7.10. The van der Waals surface area contributed by atoms with Crippen LogP contribution < -0.4 is 5.32 Å². The minimum atomic E-state index is -0.585. The fourth-order valence-electron chi connectivity index (χ4n) is 2.21. The molecule has 0 bridgehead atoms. The number of hydrogen-bond acceptors (Lipinski definition) is 5. The number of Topliss-reactive ketones (excluding diaryl/α,β-unsaturated/α-hetero) is 1. The molecule has 1 fully saturated rings. The number of nitrogens with one attached hydrogen (secondary N) is 1. The van der Waals surface area contributed by atoms with Crippen LogP contribution in [0.1, 0.15) is 37.6 Å². The summed E-state index contributed by atoms with van der Waals surface area (Å²) in [4.78, 5) is 30.1. The molecule has 1 saturated heterocycles. The molecule has 2 rings (SSSR count). The van der Waals surface area contributed by atoms with Gasteiger partial charge in [0, 0.05) is 25.5 Å². The fraction of sp³-hybridized carbons (Fsp3) is 0.533. The summed E-state index contributed by atoms with van der Waals surface area (Å²) in [7, 11) is 1.70. The maximum absolute atomic E-state index is 12.6. The Morgan fingerprint density at radius 2 is 2.14 bits per heavy atom. The van der Waals surface area contributed by atoms with Crippen molar-refractivity contribution >= 4 is 29.2 Å². The Morgan fingerprint density at radius 3 is 2.64 bits per heavy atom. The van der Waals surface area contributed by atoms with E-state index in [1.807, 2.05) is 0 Å².